The molecule has 1 saturated heterocycles. The number of rotatable bonds is 8. The second-order valence-electron chi connectivity index (χ2n) is 7.93. The van der Waals surface area contributed by atoms with Crippen molar-refractivity contribution in [3.05, 3.63) is 24.3 Å². The summed E-state index contributed by atoms with van der Waals surface area (Å²) in [5, 5.41) is 8.57. The van der Waals surface area contributed by atoms with Gasteiger partial charge in [-0.1, -0.05) is 26.8 Å². The van der Waals surface area contributed by atoms with Gasteiger partial charge in [-0.2, -0.15) is 0 Å². The highest BCUT2D eigenvalue weighted by molar-refractivity contribution is 5.94. The van der Waals surface area contributed by atoms with E-state index in [0.717, 1.165) is 19.0 Å². The first-order chi connectivity index (χ1) is 13.4. The van der Waals surface area contributed by atoms with Gasteiger partial charge in [-0.15, -0.1) is 0 Å². The lowest BCUT2D eigenvalue weighted by atomic mass is 9.94. The van der Waals surface area contributed by atoms with Crippen LogP contribution in [0.3, 0.4) is 0 Å². The van der Waals surface area contributed by atoms with Crippen molar-refractivity contribution in [1.29, 1.82) is 0 Å². The molecule has 1 unspecified atom stereocenters. The molecular formula is C21H34N4O3. The number of hydrogen-bond acceptors (Lipinski definition) is 4. The maximum atomic E-state index is 12.4. The number of piperidine rings is 1. The molecule has 1 fully saturated rings. The van der Waals surface area contributed by atoms with E-state index in [1.165, 1.54) is 20.0 Å². The van der Waals surface area contributed by atoms with E-state index in [1.807, 2.05) is 0 Å². The molecule has 1 atom stereocenters. The Bertz CT molecular complexity index is 642. The van der Waals surface area contributed by atoms with Crippen LogP contribution >= 0.6 is 0 Å². The van der Waals surface area contributed by atoms with Gasteiger partial charge in [0.25, 0.3) is 0 Å². The number of nitrogens with zero attached hydrogens (tertiary/aromatic N) is 1. The summed E-state index contributed by atoms with van der Waals surface area (Å²) in [6.45, 7) is 9.50. The molecule has 156 valence electrons. The van der Waals surface area contributed by atoms with Gasteiger partial charge in [-0.3, -0.25) is 9.69 Å². The lowest BCUT2D eigenvalue weighted by molar-refractivity contribution is -0.119. The van der Waals surface area contributed by atoms with Gasteiger partial charge in [0.1, 0.15) is 6.61 Å². The van der Waals surface area contributed by atoms with Crippen LogP contribution in [-0.4, -0.2) is 56.2 Å². The Balaban J connectivity index is 1.86. The summed E-state index contributed by atoms with van der Waals surface area (Å²) in [7, 11) is 1.47. The molecule has 1 aromatic carbocycles. The first-order valence-corrected chi connectivity index (χ1v) is 10.1. The molecule has 0 aromatic heterocycles. The van der Waals surface area contributed by atoms with E-state index in [0.29, 0.717) is 29.9 Å². The Kier molecular flexibility index (Phi) is 8.73. The molecular weight excluding hydrogens is 356 g/mol. The SMILES string of the molecule is COCC(=O)Nc1cccc(NC(=O)NCC(C(C)C)N2CCC(C)CC2)c1. The Morgan fingerprint density at radius 1 is 1.18 bits per heavy atom. The molecule has 3 N–H and O–H groups in total. The molecule has 7 nitrogen and oxygen atoms in total. The van der Waals surface area contributed by atoms with Gasteiger partial charge in [0.05, 0.1) is 0 Å². The van der Waals surface area contributed by atoms with E-state index in [4.69, 9.17) is 4.74 Å². The minimum absolute atomic E-state index is 0.00991. The Morgan fingerprint density at radius 3 is 2.43 bits per heavy atom. The average molecular weight is 391 g/mol. The van der Waals surface area contributed by atoms with E-state index >= 15 is 0 Å². The zero-order valence-corrected chi connectivity index (χ0v) is 17.5. The molecule has 3 amide bonds. The standard InChI is InChI=1S/C21H34N4O3/c1-15(2)19(25-10-8-16(3)9-11-25)13-22-21(27)24-18-7-5-6-17(12-18)23-20(26)14-28-4/h5-7,12,15-16,19H,8-11,13-14H2,1-4H3,(H,23,26)(H2,22,24,27). The fourth-order valence-electron chi connectivity index (χ4n) is 3.52. The fraction of sp³-hybridized carbons (Fsp3) is 0.619. The van der Waals surface area contributed by atoms with Gasteiger partial charge in [-0.05, 0) is 56.0 Å². The first-order valence-electron chi connectivity index (χ1n) is 10.1. The smallest absolute Gasteiger partial charge is 0.319 e. The summed E-state index contributed by atoms with van der Waals surface area (Å²) in [6, 6.07) is 7.15. The van der Waals surface area contributed by atoms with Crippen molar-refractivity contribution in [2.45, 2.75) is 39.7 Å². The van der Waals surface area contributed by atoms with Crippen LogP contribution in [0.1, 0.15) is 33.6 Å². The monoisotopic (exact) mass is 390 g/mol. The average Bonchev–Trinajstić information content (AvgIpc) is 2.63. The quantitative estimate of drug-likeness (QED) is 0.637. The third-order valence-corrected chi connectivity index (χ3v) is 5.21. The maximum absolute atomic E-state index is 12.4. The normalized spacial score (nSPS) is 16.6. The number of carbonyl (C=O) groups excluding carboxylic acids is 2. The minimum Gasteiger partial charge on any atom is -0.375 e. The second-order valence-corrected chi connectivity index (χ2v) is 7.93. The topological polar surface area (TPSA) is 82.7 Å². The fourth-order valence-corrected chi connectivity index (χ4v) is 3.52. The highest BCUT2D eigenvalue weighted by atomic mass is 16.5. The van der Waals surface area contributed by atoms with Gasteiger partial charge in [0.15, 0.2) is 0 Å². The number of ether oxygens (including phenoxy) is 1. The maximum Gasteiger partial charge on any atom is 0.319 e. The highest BCUT2D eigenvalue weighted by Gasteiger charge is 2.25. The molecule has 1 aromatic rings. The number of amides is 3. The van der Waals surface area contributed by atoms with Crippen LogP contribution in [0, 0.1) is 11.8 Å². The van der Waals surface area contributed by atoms with Crippen molar-refractivity contribution in [2.24, 2.45) is 11.8 Å². The zero-order chi connectivity index (χ0) is 20.5. The van der Waals surface area contributed by atoms with Crippen molar-refractivity contribution < 1.29 is 14.3 Å². The summed E-state index contributed by atoms with van der Waals surface area (Å²) in [5.74, 6) is 1.02. The van der Waals surface area contributed by atoms with Crippen LogP contribution in [0.2, 0.25) is 0 Å². The summed E-state index contributed by atoms with van der Waals surface area (Å²) in [5.41, 5.74) is 1.24. The summed E-state index contributed by atoms with van der Waals surface area (Å²) in [6.07, 6.45) is 2.44. The Labute approximate surface area is 168 Å². The van der Waals surface area contributed by atoms with Gasteiger partial charge >= 0.3 is 6.03 Å². The molecule has 1 heterocycles. The van der Waals surface area contributed by atoms with Crippen molar-refractivity contribution in [2.75, 3.05) is 44.0 Å². The van der Waals surface area contributed by atoms with Gasteiger partial charge < -0.3 is 20.7 Å². The summed E-state index contributed by atoms with van der Waals surface area (Å²) in [4.78, 5) is 26.5. The summed E-state index contributed by atoms with van der Waals surface area (Å²) < 4.78 is 4.80. The van der Waals surface area contributed by atoms with E-state index in [-0.39, 0.29) is 18.5 Å². The molecule has 28 heavy (non-hydrogen) atoms. The number of anilines is 2. The second kappa shape index (κ2) is 11.0. The van der Waals surface area contributed by atoms with E-state index in [2.05, 4.69) is 41.6 Å². The largest absolute Gasteiger partial charge is 0.375 e. The Morgan fingerprint density at radius 2 is 1.82 bits per heavy atom. The number of benzene rings is 1. The number of likely N-dealkylation sites (tertiary alicyclic amines) is 1. The van der Waals surface area contributed by atoms with Crippen molar-refractivity contribution in [3.8, 4) is 0 Å². The minimum atomic E-state index is -0.239. The van der Waals surface area contributed by atoms with Crippen LogP contribution in [0.25, 0.3) is 0 Å². The lowest BCUT2D eigenvalue weighted by Gasteiger charge is -2.38. The van der Waals surface area contributed by atoms with Crippen LogP contribution in [0.4, 0.5) is 16.2 Å². The zero-order valence-electron chi connectivity index (χ0n) is 17.5. The van der Waals surface area contributed by atoms with Crippen molar-refractivity contribution in [1.82, 2.24) is 10.2 Å². The molecule has 1 aliphatic heterocycles. The van der Waals surface area contributed by atoms with Crippen molar-refractivity contribution >= 4 is 23.3 Å². The van der Waals surface area contributed by atoms with Crippen molar-refractivity contribution in [3.63, 3.8) is 0 Å². The molecule has 0 bridgehead atoms. The number of carbonyl (C=O) groups is 2. The molecule has 7 heteroatoms. The van der Waals surface area contributed by atoms with E-state index < -0.39 is 0 Å². The van der Waals surface area contributed by atoms with Gasteiger partial charge in [0, 0.05) is 31.1 Å². The third-order valence-electron chi connectivity index (χ3n) is 5.21. The van der Waals surface area contributed by atoms with Crippen LogP contribution in [0.5, 0.6) is 0 Å². The van der Waals surface area contributed by atoms with Gasteiger partial charge in [-0.25, -0.2) is 4.79 Å². The van der Waals surface area contributed by atoms with Gasteiger partial charge in [0.2, 0.25) is 5.91 Å². The summed E-state index contributed by atoms with van der Waals surface area (Å²) >= 11 is 0. The molecule has 0 radical (unpaired) electrons. The number of methoxy groups -OCH3 is 1. The molecule has 1 aliphatic rings. The predicted molar refractivity (Wildman–Crippen MR) is 113 cm³/mol. The van der Waals surface area contributed by atoms with Crippen LogP contribution in [0.15, 0.2) is 24.3 Å². The highest BCUT2D eigenvalue weighted by Crippen LogP contribution is 2.21. The van der Waals surface area contributed by atoms with E-state index in [9.17, 15) is 9.59 Å². The first kappa shape index (κ1) is 22.2. The predicted octanol–water partition coefficient (Wildman–Crippen LogP) is 3.15. The number of hydrogen-bond donors (Lipinski definition) is 3. The van der Waals surface area contributed by atoms with Crippen LogP contribution in [-0.2, 0) is 9.53 Å². The molecule has 0 spiro atoms. The third kappa shape index (κ3) is 7.13. The lowest BCUT2D eigenvalue weighted by Crippen LogP contribution is -2.50. The Hall–Kier alpha value is -2.12. The number of urea groups is 1. The van der Waals surface area contributed by atoms with Crippen LogP contribution < -0.4 is 16.0 Å². The molecule has 2 rings (SSSR count). The van der Waals surface area contributed by atoms with E-state index in [1.54, 1.807) is 24.3 Å². The molecule has 0 aliphatic carbocycles. The molecule has 0 saturated carbocycles. The number of nitrogens with one attached hydrogen (secondary N) is 3.